The van der Waals surface area contributed by atoms with E-state index in [4.69, 9.17) is 0 Å². The van der Waals surface area contributed by atoms with Crippen LogP contribution < -0.4 is 5.32 Å². The van der Waals surface area contributed by atoms with Crippen molar-refractivity contribution in [2.45, 2.75) is 38.6 Å². The molecule has 116 valence electrons. The second-order valence-electron chi connectivity index (χ2n) is 5.66. The van der Waals surface area contributed by atoms with E-state index in [2.05, 4.69) is 5.32 Å². The lowest BCUT2D eigenvalue weighted by Gasteiger charge is -2.20. The maximum atomic E-state index is 12.2. The molecule has 1 aliphatic carbocycles. The van der Waals surface area contributed by atoms with Crippen molar-refractivity contribution in [3.8, 4) is 0 Å². The van der Waals surface area contributed by atoms with Crippen LogP contribution in [0.5, 0.6) is 0 Å². The van der Waals surface area contributed by atoms with Crippen LogP contribution in [-0.2, 0) is 11.3 Å². The Labute approximate surface area is 138 Å². The average molecular weight is 333 g/mol. The maximum Gasteiger partial charge on any atom is 0.223 e. The summed E-state index contributed by atoms with van der Waals surface area (Å²) in [7, 11) is 0. The molecule has 3 nitrogen and oxygen atoms in total. The lowest BCUT2D eigenvalue weighted by atomic mass is 9.89. The molecule has 0 atom stereocenters. The fourth-order valence-electron chi connectivity index (χ4n) is 2.81. The number of nitrogens with one attached hydrogen (secondary N) is 1. The van der Waals surface area contributed by atoms with Crippen molar-refractivity contribution in [3.05, 3.63) is 44.3 Å². The summed E-state index contributed by atoms with van der Waals surface area (Å²) in [6.45, 7) is 0.525. The van der Waals surface area contributed by atoms with Gasteiger partial charge in [-0.15, -0.1) is 11.3 Å². The molecule has 22 heavy (non-hydrogen) atoms. The van der Waals surface area contributed by atoms with Gasteiger partial charge in [0, 0.05) is 21.7 Å². The molecule has 2 aromatic rings. The number of rotatable bonds is 5. The molecule has 0 radical (unpaired) electrons. The van der Waals surface area contributed by atoms with E-state index in [1.165, 1.54) is 29.1 Å². The molecule has 2 aromatic heterocycles. The molecule has 1 saturated carbocycles. The van der Waals surface area contributed by atoms with Crippen LogP contribution in [0.2, 0.25) is 0 Å². The zero-order valence-electron chi connectivity index (χ0n) is 12.3. The van der Waals surface area contributed by atoms with Crippen molar-refractivity contribution < 1.29 is 9.59 Å². The highest BCUT2D eigenvalue weighted by Crippen LogP contribution is 2.24. The molecular weight excluding hydrogens is 314 g/mol. The van der Waals surface area contributed by atoms with Gasteiger partial charge in [0.2, 0.25) is 11.7 Å². The van der Waals surface area contributed by atoms with E-state index in [0.29, 0.717) is 6.54 Å². The summed E-state index contributed by atoms with van der Waals surface area (Å²) in [5, 5.41) is 6.79. The van der Waals surface area contributed by atoms with Crippen LogP contribution in [0.1, 0.15) is 52.2 Å². The fraction of sp³-hybridized carbons (Fsp3) is 0.412. The summed E-state index contributed by atoms with van der Waals surface area (Å²) >= 11 is 2.99. The zero-order chi connectivity index (χ0) is 15.4. The molecule has 0 saturated heterocycles. The van der Waals surface area contributed by atoms with Gasteiger partial charge in [-0.3, -0.25) is 9.59 Å². The molecule has 1 amide bonds. The molecule has 0 aromatic carbocycles. The molecule has 0 bridgehead atoms. The summed E-state index contributed by atoms with van der Waals surface area (Å²) in [6, 6.07) is 5.63. The number of amides is 1. The molecule has 0 aliphatic heterocycles. The van der Waals surface area contributed by atoms with Crippen LogP contribution >= 0.6 is 22.7 Å². The van der Waals surface area contributed by atoms with Gasteiger partial charge in [-0.2, -0.15) is 11.3 Å². The minimum absolute atomic E-state index is 0.0658. The monoisotopic (exact) mass is 333 g/mol. The van der Waals surface area contributed by atoms with E-state index in [1.807, 2.05) is 29.0 Å². The SMILES string of the molecule is O=C(c1ccsc1)c1ccc(CNC(=O)C2CCCCC2)s1. The molecule has 2 heterocycles. The summed E-state index contributed by atoms with van der Waals surface area (Å²) in [6.07, 6.45) is 5.60. The number of hydrogen-bond acceptors (Lipinski definition) is 4. The first-order valence-electron chi connectivity index (χ1n) is 7.67. The average Bonchev–Trinajstić information content (AvgIpc) is 3.24. The standard InChI is InChI=1S/C17H19NO2S2/c19-16(13-8-9-21-11-13)15-7-6-14(22-15)10-18-17(20)12-4-2-1-3-5-12/h6-9,11-12H,1-5,10H2,(H,18,20). The first-order valence-corrected chi connectivity index (χ1v) is 9.43. The topological polar surface area (TPSA) is 46.2 Å². The van der Waals surface area contributed by atoms with Crippen molar-refractivity contribution in [1.82, 2.24) is 5.32 Å². The summed E-state index contributed by atoms with van der Waals surface area (Å²) in [4.78, 5) is 26.1. The van der Waals surface area contributed by atoms with Gasteiger partial charge in [-0.1, -0.05) is 19.3 Å². The first-order chi connectivity index (χ1) is 10.7. The minimum Gasteiger partial charge on any atom is -0.351 e. The molecule has 1 aliphatic rings. The van der Waals surface area contributed by atoms with Gasteiger partial charge in [0.25, 0.3) is 0 Å². The Bertz CT molecular complexity index is 639. The van der Waals surface area contributed by atoms with E-state index in [9.17, 15) is 9.59 Å². The van der Waals surface area contributed by atoms with Crippen LogP contribution in [-0.4, -0.2) is 11.7 Å². The second-order valence-corrected chi connectivity index (χ2v) is 7.61. The highest BCUT2D eigenvalue weighted by Gasteiger charge is 2.21. The Kier molecular flexibility index (Phi) is 5.05. The summed E-state index contributed by atoms with van der Waals surface area (Å²) < 4.78 is 0. The van der Waals surface area contributed by atoms with Gasteiger partial charge in [-0.25, -0.2) is 0 Å². The van der Waals surface area contributed by atoms with Crippen molar-refractivity contribution in [2.75, 3.05) is 0 Å². The Morgan fingerprint density at radius 2 is 1.95 bits per heavy atom. The van der Waals surface area contributed by atoms with Crippen LogP contribution in [0.15, 0.2) is 29.0 Å². The second kappa shape index (κ2) is 7.20. The van der Waals surface area contributed by atoms with Crippen molar-refractivity contribution in [1.29, 1.82) is 0 Å². The van der Waals surface area contributed by atoms with Gasteiger partial charge in [0.05, 0.1) is 11.4 Å². The predicted molar refractivity (Wildman–Crippen MR) is 90.5 cm³/mol. The molecule has 0 unspecified atom stereocenters. The highest BCUT2D eigenvalue weighted by atomic mass is 32.1. The van der Waals surface area contributed by atoms with Crippen LogP contribution in [0.4, 0.5) is 0 Å². The molecule has 5 heteroatoms. The third-order valence-corrected chi connectivity index (χ3v) is 5.85. The molecule has 1 fully saturated rings. The van der Waals surface area contributed by atoms with Crippen LogP contribution in [0.25, 0.3) is 0 Å². The lowest BCUT2D eigenvalue weighted by Crippen LogP contribution is -2.31. The van der Waals surface area contributed by atoms with E-state index < -0.39 is 0 Å². The third kappa shape index (κ3) is 3.65. The first kappa shape index (κ1) is 15.4. The number of ketones is 1. The quantitative estimate of drug-likeness (QED) is 0.832. The van der Waals surface area contributed by atoms with Crippen molar-refractivity contribution in [2.24, 2.45) is 5.92 Å². The fourth-order valence-corrected chi connectivity index (χ4v) is 4.36. The third-order valence-electron chi connectivity index (χ3n) is 4.08. The van der Waals surface area contributed by atoms with Gasteiger partial charge in [-0.05, 0) is 36.4 Å². The molecular formula is C17H19NO2S2. The lowest BCUT2D eigenvalue weighted by molar-refractivity contribution is -0.126. The number of thiophene rings is 2. The number of hydrogen-bond donors (Lipinski definition) is 1. The van der Waals surface area contributed by atoms with Gasteiger partial charge >= 0.3 is 0 Å². The van der Waals surface area contributed by atoms with E-state index in [0.717, 1.165) is 41.0 Å². The largest absolute Gasteiger partial charge is 0.351 e. The Morgan fingerprint density at radius 1 is 1.14 bits per heavy atom. The van der Waals surface area contributed by atoms with E-state index in [-0.39, 0.29) is 17.6 Å². The molecule has 1 N–H and O–H groups in total. The zero-order valence-corrected chi connectivity index (χ0v) is 14.0. The normalized spacial score (nSPS) is 15.6. The smallest absolute Gasteiger partial charge is 0.223 e. The number of carbonyl (C=O) groups is 2. The Morgan fingerprint density at radius 3 is 2.68 bits per heavy atom. The molecule has 0 spiro atoms. The van der Waals surface area contributed by atoms with Gasteiger partial charge in [0.1, 0.15) is 0 Å². The van der Waals surface area contributed by atoms with Crippen molar-refractivity contribution in [3.63, 3.8) is 0 Å². The van der Waals surface area contributed by atoms with E-state index in [1.54, 1.807) is 0 Å². The Hall–Kier alpha value is -1.46. The van der Waals surface area contributed by atoms with Crippen LogP contribution in [0, 0.1) is 5.92 Å². The maximum absolute atomic E-state index is 12.2. The van der Waals surface area contributed by atoms with Crippen LogP contribution in [0.3, 0.4) is 0 Å². The predicted octanol–water partition coefficient (Wildman–Crippen LogP) is 4.24. The Balaban J connectivity index is 1.55. The number of carbonyl (C=O) groups excluding carboxylic acids is 2. The van der Waals surface area contributed by atoms with E-state index >= 15 is 0 Å². The van der Waals surface area contributed by atoms with Crippen molar-refractivity contribution >= 4 is 34.4 Å². The molecule has 3 rings (SSSR count). The summed E-state index contributed by atoms with van der Waals surface area (Å²) in [5.74, 6) is 0.413. The minimum atomic E-state index is 0.0658. The van der Waals surface area contributed by atoms with Gasteiger partial charge in [0.15, 0.2) is 0 Å². The summed E-state index contributed by atoms with van der Waals surface area (Å²) in [5.41, 5.74) is 0.740. The highest BCUT2D eigenvalue weighted by molar-refractivity contribution is 7.14. The van der Waals surface area contributed by atoms with Gasteiger partial charge < -0.3 is 5.32 Å².